The molecule has 1 heteroatoms. The van der Waals surface area contributed by atoms with E-state index in [-0.39, 0.29) is 5.83 Å². The molecular weight excluding hydrogens is 115 g/mol. The summed E-state index contributed by atoms with van der Waals surface area (Å²) in [4.78, 5) is 0. The van der Waals surface area contributed by atoms with E-state index in [9.17, 15) is 4.39 Å². The molecule has 0 aliphatic carbocycles. The van der Waals surface area contributed by atoms with Gasteiger partial charge >= 0.3 is 0 Å². The van der Waals surface area contributed by atoms with Gasteiger partial charge in [0, 0.05) is 0 Å². The highest BCUT2D eigenvalue weighted by molar-refractivity contribution is 4.78. The highest BCUT2D eigenvalue weighted by Gasteiger charge is 1.94. The van der Waals surface area contributed by atoms with E-state index in [1.54, 1.807) is 0 Å². The molecule has 0 bridgehead atoms. The van der Waals surface area contributed by atoms with Crippen LogP contribution in [0.25, 0.3) is 0 Å². The second-order valence-electron chi connectivity index (χ2n) is 2.80. The van der Waals surface area contributed by atoms with Crippen LogP contribution in [0.2, 0.25) is 0 Å². The van der Waals surface area contributed by atoms with Crippen LogP contribution in [-0.4, -0.2) is 0 Å². The average Bonchev–Trinajstić information content (AvgIpc) is 1.63. The molecular formula is C8H15F. The summed E-state index contributed by atoms with van der Waals surface area (Å²) < 4.78 is 12.0. The molecule has 0 rings (SSSR count). The number of halogens is 1. The smallest absolute Gasteiger partial charge is 0.0928 e. The van der Waals surface area contributed by atoms with E-state index >= 15 is 0 Å². The van der Waals surface area contributed by atoms with E-state index in [2.05, 4.69) is 20.4 Å². The van der Waals surface area contributed by atoms with Gasteiger partial charge in [0.1, 0.15) is 0 Å². The quantitative estimate of drug-likeness (QED) is 0.547. The van der Waals surface area contributed by atoms with Gasteiger partial charge in [-0.2, -0.15) is 0 Å². The molecule has 0 aliphatic rings. The second-order valence-corrected chi connectivity index (χ2v) is 2.80. The number of hydrogen-bond acceptors (Lipinski definition) is 0. The van der Waals surface area contributed by atoms with Gasteiger partial charge in [-0.25, -0.2) is 4.39 Å². The van der Waals surface area contributed by atoms with Crippen LogP contribution in [-0.2, 0) is 0 Å². The number of allylic oxidation sites excluding steroid dienone is 1. The van der Waals surface area contributed by atoms with Crippen molar-refractivity contribution < 1.29 is 4.39 Å². The summed E-state index contributed by atoms with van der Waals surface area (Å²) in [5.74, 6) is 0.500. The van der Waals surface area contributed by atoms with Crippen molar-refractivity contribution in [3.8, 4) is 0 Å². The minimum absolute atomic E-state index is 0.185. The van der Waals surface area contributed by atoms with E-state index in [1.165, 1.54) is 0 Å². The first-order valence-corrected chi connectivity index (χ1v) is 3.46. The van der Waals surface area contributed by atoms with Crippen molar-refractivity contribution in [3.05, 3.63) is 12.4 Å². The van der Waals surface area contributed by atoms with Crippen molar-refractivity contribution in [3.63, 3.8) is 0 Å². The molecule has 0 N–H and O–H groups in total. The van der Waals surface area contributed by atoms with Gasteiger partial charge < -0.3 is 0 Å². The topological polar surface area (TPSA) is 0 Å². The molecule has 0 radical (unpaired) electrons. The Kier molecular flexibility index (Phi) is 4.37. The maximum atomic E-state index is 12.0. The van der Waals surface area contributed by atoms with Gasteiger partial charge in [0.05, 0.1) is 5.83 Å². The van der Waals surface area contributed by atoms with Crippen molar-refractivity contribution in [2.75, 3.05) is 0 Å². The molecule has 54 valence electrons. The Morgan fingerprint density at radius 2 is 2.11 bits per heavy atom. The molecule has 0 spiro atoms. The molecule has 0 fully saturated rings. The van der Waals surface area contributed by atoms with Gasteiger partial charge in [0.15, 0.2) is 0 Å². The van der Waals surface area contributed by atoms with Crippen LogP contribution in [0.3, 0.4) is 0 Å². The summed E-state index contributed by atoms with van der Waals surface area (Å²) in [5.41, 5.74) is 0. The Labute approximate surface area is 56.8 Å². The summed E-state index contributed by atoms with van der Waals surface area (Å²) in [7, 11) is 0. The fourth-order valence-electron chi connectivity index (χ4n) is 0.702. The Hall–Kier alpha value is -0.330. The molecule has 0 aromatic heterocycles. The zero-order valence-corrected chi connectivity index (χ0v) is 6.28. The Morgan fingerprint density at radius 3 is 2.44 bits per heavy atom. The minimum Gasteiger partial charge on any atom is -0.212 e. The lowest BCUT2D eigenvalue weighted by atomic mass is 10.1. The molecule has 0 heterocycles. The standard InChI is InChI=1S/C8H15F/c1-7(2)5-4-6-8(3)9/h7H,3-6H2,1-2H3. The van der Waals surface area contributed by atoms with Gasteiger partial charge in [0.25, 0.3) is 0 Å². The number of hydrogen-bond donors (Lipinski definition) is 0. The number of rotatable bonds is 4. The molecule has 0 unspecified atom stereocenters. The molecule has 0 aromatic carbocycles. The van der Waals surface area contributed by atoms with E-state index in [0.717, 1.165) is 12.8 Å². The van der Waals surface area contributed by atoms with Crippen molar-refractivity contribution in [1.82, 2.24) is 0 Å². The van der Waals surface area contributed by atoms with Gasteiger partial charge in [-0.15, -0.1) is 0 Å². The van der Waals surface area contributed by atoms with E-state index < -0.39 is 0 Å². The Balaban J connectivity index is 3.01. The van der Waals surface area contributed by atoms with Gasteiger partial charge in [-0.1, -0.05) is 26.8 Å². The van der Waals surface area contributed by atoms with Crippen LogP contribution >= 0.6 is 0 Å². The van der Waals surface area contributed by atoms with E-state index in [1.807, 2.05) is 0 Å². The predicted molar refractivity (Wildman–Crippen MR) is 38.9 cm³/mol. The molecule has 0 atom stereocenters. The molecule has 0 aliphatic heterocycles. The SMILES string of the molecule is C=C(F)CCCC(C)C. The maximum absolute atomic E-state index is 12.0. The fraction of sp³-hybridized carbons (Fsp3) is 0.750. The van der Waals surface area contributed by atoms with Crippen molar-refractivity contribution >= 4 is 0 Å². The van der Waals surface area contributed by atoms with Crippen LogP contribution in [0.5, 0.6) is 0 Å². The summed E-state index contributed by atoms with van der Waals surface area (Å²) in [5, 5.41) is 0. The fourth-order valence-corrected chi connectivity index (χ4v) is 0.702. The Morgan fingerprint density at radius 1 is 1.56 bits per heavy atom. The summed E-state index contributed by atoms with van der Waals surface area (Å²) in [6, 6.07) is 0. The first kappa shape index (κ1) is 8.67. The molecule has 9 heavy (non-hydrogen) atoms. The summed E-state index contributed by atoms with van der Waals surface area (Å²) in [6.45, 7) is 7.47. The van der Waals surface area contributed by atoms with Gasteiger partial charge in [-0.05, 0) is 18.8 Å². The van der Waals surface area contributed by atoms with Gasteiger partial charge in [-0.3, -0.25) is 0 Å². The third kappa shape index (κ3) is 7.67. The molecule has 0 nitrogen and oxygen atoms in total. The summed E-state index contributed by atoms with van der Waals surface area (Å²) >= 11 is 0. The third-order valence-electron chi connectivity index (χ3n) is 1.23. The largest absolute Gasteiger partial charge is 0.212 e. The maximum Gasteiger partial charge on any atom is 0.0928 e. The highest BCUT2D eigenvalue weighted by Crippen LogP contribution is 2.10. The molecule has 0 saturated carbocycles. The first-order chi connectivity index (χ1) is 4.13. The monoisotopic (exact) mass is 130 g/mol. The van der Waals surface area contributed by atoms with Crippen molar-refractivity contribution in [2.45, 2.75) is 33.1 Å². The molecule has 0 saturated heterocycles. The molecule has 0 amide bonds. The van der Waals surface area contributed by atoms with E-state index in [4.69, 9.17) is 0 Å². The van der Waals surface area contributed by atoms with E-state index in [0.29, 0.717) is 12.3 Å². The second kappa shape index (κ2) is 4.54. The normalized spacial score (nSPS) is 10.2. The van der Waals surface area contributed by atoms with Crippen LogP contribution in [0.4, 0.5) is 4.39 Å². The van der Waals surface area contributed by atoms with Crippen molar-refractivity contribution in [2.24, 2.45) is 5.92 Å². The van der Waals surface area contributed by atoms with Crippen LogP contribution in [0, 0.1) is 5.92 Å². The van der Waals surface area contributed by atoms with Crippen molar-refractivity contribution in [1.29, 1.82) is 0 Å². The summed E-state index contributed by atoms with van der Waals surface area (Å²) in [6.07, 6.45) is 2.58. The third-order valence-corrected chi connectivity index (χ3v) is 1.23. The van der Waals surface area contributed by atoms with Crippen LogP contribution < -0.4 is 0 Å². The predicted octanol–water partition coefficient (Wildman–Crippen LogP) is 3.30. The Bertz CT molecular complexity index is 84.6. The lowest BCUT2D eigenvalue weighted by molar-refractivity contribution is 0.512. The first-order valence-electron chi connectivity index (χ1n) is 3.46. The lowest BCUT2D eigenvalue weighted by Crippen LogP contribution is -1.86. The zero-order chi connectivity index (χ0) is 7.28. The highest BCUT2D eigenvalue weighted by atomic mass is 19.1. The zero-order valence-electron chi connectivity index (χ0n) is 6.28. The minimum atomic E-state index is -0.185. The van der Waals surface area contributed by atoms with Gasteiger partial charge in [0.2, 0.25) is 0 Å². The molecule has 0 aromatic rings. The average molecular weight is 130 g/mol. The lowest BCUT2D eigenvalue weighted by Gasteiger charge is -2.00. The van der Waals surface area contributed by atoms with Crippen LogP contribution in [0.1, 0.15) is 33.1 Å². The van der Waals surface area contributed by atoms with Crippen LogP contribution in [0.15, 0.2) is 12.4 Å².